The molecule has 1 fully saturated rings. The van der Waals surface area contributed by atoms with Crippen LogP contribution in [-0.4, -0.2) is 41.5 Å². The van der Waals surface area contributed by atoms with Gasteiger partial charge in [0.1, 0.15) is 0 Å². The Bertz CT molecular complexity index is 1170. The molecule has 0 radical (unpaired) electrons. The number of benzene rings is 2. The molecule has 154 valence electrons. The Morgan fingerprint density at radius 1 is 1.17 bits per heavy atom. The fourth-order valence-corrected chi connectivity index (χ4v) is 2.92. The van der Waals surface area contributed by atoms with Crippen LogP contribution in [0.1, 0.15) is 23.2 Å². The Balaban J connectivity index is 1.48. The average molecular weight is 408 g/mol. The van der Waals surface area contributed by atoms with Crippen LogP contribution in [0, 0.1) is 0 Å². The van der Waals surface area contributed by atoms with E-state index in [9.17, 15) is 14.4 Å². The standard InChI is InChI=1S/C21H20N4O5/c1-29-17-7-5-14(9-18(17)30-10-19(26)24-13-3-4-13)25-20(27)12-2-6-15-16(8-12)22-11-23-21(15)28/h2,5-9,11,13H,3-4,10H2,1H3,(H,24,26)(H,25,27)(H,22,23,28). The number of aromatic nitrogens is 2. The smallest absolute Gasteiger partial charge is 0.258 e. The maximum Gasteiger partial charge on any atom is 0.258 e. The van der Waals surface area contributed by atoms with Crippen LogP contribution in [0.25, 0.3) is 10.9 Å². The molecule has 4 rings (SSSR count). The lowest BCUT2D eigenvalue weighted by atomic mass is 10.1. The van der Waals surface area contributed by atoms with Gasteiger partial charge in [0.15, 0.2) is 18.1 Å². The zero-order valence-electron chi connectivity index (χ0n) is 16.2. The van der Waals surface area contributed by atoms with Crippen LogP contribution in [0.4, 0.5) is 5.69 Å². The second-order valence-corrected chi connectivity index (χ2v) is 6.91. The van der Waals surface area contributed by atoms with E-state index < -0.39 is 0 Å². The number of amides is 2. The summed E-state index contributed by atoms with van der Waals surface area (Å²) in [7, 11) is 1.49. The van der Waals surface area contributed by atoms with Crippen LogP contribution in [0.5, 0.6) is 11.5 Å². The highest BCUT2D eigenvalue weighted by molar-refractivity contribution is 6.06. The largest absolute Gasteiger partial charge is 0.493 e. The Morgan fingerprint density at radius 3 is 2.77 bits per heavy atom. The Hall–Kier alpha value is -3.88. The minimum Gasteiger partial charge on any atom is -0.493 e. The van der Waals surface area contributed by atoms with Gasteiger partial charge >= 0.3 is 0 Å². The fraction of sp³-hybridized carbons (Fsp3) is 0.238. The molecule has 3 N–H and O–H groups in total. The van der Waals surface area contributed by atoms with Crippen molar-refractivity contribution in [2.45, 2.75) is 18.9 Å². The number of hydrogen-bond acceptors (Lipinski definition) is 6. The van der Waals surface area contributed by atoms with Gasteiger partial charge in [0.05, 0.1) is 24.3 Å². The molecule has 30 heavy (non-hydrogen) atoms. The summed E-state index contributed by atoms with van der Waals surface area (Å²) in [5, 5.41) is 6.02. The average Bonchev–Trinajstić information content (AvgIpc) is 3.56. The number of fused-ring (bicyclic) bond motifs is 1. The molecule has 1 aliphatic rings. The van der Waals surface area contributed by atoms with E-state index in [-0.39, 0.29) is 30.0 Å². The van der Waals surface area contributed by atoms with Gasteiger partial charge in [-0.1, -0.05) is 0 Å². The van der Waals surface area contributed by atoms with Crippen molar-refractivity contribution in [1.29, 1.82) is 0 Å². The topological polar surface area (TPSA) is 122 Å². The van der Waals surface area contributed by atoms with Gasteiger partial charge in [-0.05, 0) is 43.2 Å². The molecule has 0 unspecified atom stereocenters. The molecule has 3 aromatic rings. The third-order valence-electron chi connectivity index (χ3n) is 4.63. The lowest BCUT2D eigenvalue weighted by Gasteiger charge is -2.13. The summed E-state index contributed by atoms with van der Waals surface area (Å²) in [5.74, 6) is 0.212. The van der Waals surface area contributed by atoms with E-state index in [2.05, 4.69) is 20.6 Å². The van der Waals surface area contributed by atoms with Crippen molar-refractivity contribution in [3.8, 4) is 11.5 Å². The molecule has 9 nitrogen and oxygen atoms in total. The summed E-state index contributed by atoms with van der Waals surface area (Å²) in [5.41, 5.74) is 0.974. The SMILES string of the molecule is COc1ccc(NC(=O)c2ccc3c(=O)[nH]cnc3c2)cc1OCC(=O)NC1CC1. The molecule has 1 aliphatic carbocycles. The maximum absolute atomic E-state index is 12.6. The molecule has 1 saturated carbocycles. The van der Waals surface area contributed by atoms with Gasteiger partial charge in [-0.15, -0.1) is 0 Å². The molecule has 0 atom stereocenters. The molecule has 1 heterocycles. The van der Waals surface area contributed by atoms with E-state index >= 15 is 0 Å². The van der Waals surface area contributed by atoms with Crippen molar-refractivity contribution in [3.63, 3.8) is 0 Å². The van der Waals surface area contributed by atoms with Crippen LogP contribution >= 0.6 is 0 Å². The van der Waals surface area contributed by atoms with E-state index in [0.29, 0.717) is 33.7 Å². The highest BCUT2D eigenvalue weighted by atomic mass is 16.5. The van der Waals surface area contributed by atoms with Crippen LogP contribution in [0.2, 0.25) is 0 Å². The number of nitrogens with zero attached hydrogens (tertiary/aromatic N) is 1. The zero-order valence-corrected chi connectivity index (χ0v) is 16.2. The summed E-state index contributed by atoms with van der Waals surface area (Å²) in [6.07, 6.45) is 3.28. The monoisotopic (exact) mass is 408 g/mol. The molecule has 2 aromatic carbocycles. The predicted molar refractivity (Wildman–Crippen MR) is 110 cm³/mol. The maximum atomic E-state index is 12.6. The van der Waals surface area contributed by atoms with Crippen molar-refractivity contribution in [1.82, 2.24) is 15.3 Å². The Kier molecular flexibility index (Phi) is 5.34. The minimum absolute atomic E-state index is 0.144. The first kappa shape index (κ1) is 19.4. The first-order chi connectivity index (χ1) is 14.5. The minimum atomic E-state index is -0.374. The number of hydrogen-bond donors (Lipinski definition) is 3. The van der Waals surface area contributed by atoms with Gasteiger partial charge in [-0.2, -0.15) is 0 Å². The van der Waals surface area contributed by atoms with Crippen LogP contribution < -0.4 is 25.7 Å². The number of H-pyrrole nitrogens is 1. The number of nitrogens with one attached hydrogen (secondary N) is 3. The predicted octanol–water partition coefficient (Wildman–Crippen LogP) is 1.84. The molecule has 9 heteroatoms. The Morgan fingerprint density at radius 2 is 2.00 bits per heavy atom. The normalized spacial score (nSPS) is 13.0. The number of ether oxygens (including phenoxy) is 2. The molecule has 1 aromatic heterocycles. The second kappa shape index (κ2) is 8.24. The lowest BCUT2D eigenvalue weighted by molar-refractivity contribution is -0.123. The number of rotatable bonds is 7. The second-order valence-electron chi connectivity index (χ2n) is 6.91. The lowest BCUT2D eigenvalue weighted by Crippen LogP contribution is -2.30. The first-order valence-corrected chi connectivity index (χ1v) is 9.42. The van der Waals surface area contributed by atoms with E-state index in [1.54, 1.807) is 36.4 Å². The highest BCUT2D eigenvalue weighted by Crippen LogP contribution is 2.30. The molecular formula is C21H20N4O5. The summed E-state index contributed by atoms with van der Waals surface area (Å²) in [6, 6.07) is 9.80. The summed E-state index contributed by atoms with van der Waals surface area (Å²) >= 11 is 0. The number of carbonyl (C=O) groups excluding carboxylic acids is 2. The van der Waals surface area contributed by atoms with Crippen LogP contribution in [0.3, 0.4) is 0 Å². The number of anilines is 1. The summed E-state index contributed by atoms with van der Waals surface area (Å²) < 4.78 is 10.8. The fourth-order valence-electron chi connectivity index (χ4n) is 2.92. The third-order valence-corrected chi connectivity index (χ3v) is 4.63. The molecule has 0 aliphatic heterocycles. The molecule has 2 amide bonds. The number of carbonyl (C=O) groups is 2. The van der Waals surface area contributed by atoms with E-state index in [4.69, 9.17) is 9.47 Å². The zero-order chi connectivity index (χ0) is 21.1. The van der Waals surface area contributed by atoms with Crippen molar-refractivity contribution in [2.24, 2.45) is 0 Å². The van der Waals surface area contributed by atoms with E-state index in [0.717, 1.165) is 12.8 Å². The summed E-state index contributed by atoms with van der Waals surface area (Å²) in [6.45, 7) is -0.144. The van der Waals surface area contributed by atoms with Gasteiger partial charge in [0.2, 0.25) is 0 Å². The van der Waals surface area contributed by atoms with Crippen molar-refractivity contribution in [3.05, 3.63) is 58.6 Å². The van der Waals surface area contributed by atoms with Crippen molar-refractivity contribution in [2.75, 3.05) is 19.0 Å². The van der Waals surface area contributed by atoms with E-state index in [1.807, 2.05) is 0 Å². The van der Waals surface area contributed by atoms with Crippen LogP contribution in [0.15, 0.2) is 47.5 Å². The van der Waals surface area contributed by atoms with Crippen LogP contribution in [-0.2, 0) is 4.79 Å². The quantitative estimate of drug-likeness (QED) is 0.548. The number of methoxy groups -OCH3 is 1. The molecule has 0 bridgehead atoms. The van der Waals surface area contributed by atoms with Gasteiger partial charge < -0.3 is 25.1 Å². The van der Waals surface area contributed by atoms with Gasteiger partial charge in [-0.25, -0.2) is 4.98 Å². The van der Waals surface area contributed by atoms with Gasteiger partial charge in [-0.3, -0.25) is 14.4 Å². The first-order valence-electron chi connectivity index (χ1n) is 9.42. The highest BCUT2D eigenvalue weighted by Gasteiger charge is 2.23. The molecular weight excluding hydrogens is 388 g/mol. The number of aromatic amines is 1. The van der Waals surface area contributed by atoms with Gasteiger partial charge in [0, 0.05) is 23.4 Å². The van der Waals surface area contributed by atoms with E-state index in [1.165, 1.54) is 13.4 Å². The van der Waals surface area contributed by atoms with Crippen molar-refractivity contribution < 1.29 is 19.1 Å². The summed E-state index contributed by atoms with van der Waals surface area (Å²) in [4.78, 5) is 42.9. The third kappa shape index (κ3) is 4.40. The van der Waals surface area contributed by atoms with Crippen molar-refractivity contribution >= 4 is 28.4 Å². The Labute approximate surface area is 171 Å². The molecule has 0 spiro atoms. The molecule has 0 saturated heterocycles. The van der Waals surface area contributed by atoms with Gasteiger partial charge in [0.25, 0.3) is 17.4 Å².